The molecule has 0 aromatic heterocycles. The van der Waals surface area contributed by atoms with Gasteiger partial charge in [-0.05, 0) is 118 Å². The number of benzene rings is 2. The number of rotatable bonds is 9. The molecule has 0 saturated carbocycles. The van der Waals surface area contributed by atoms with Gasteiger partial charge in [-0.25, -0.2) is 8.78 Å². The van der Waals surface area contributed by atoms with Gasteiger partial charge in [-0.3, -0.25) is 14.5 Å². The summed E-state index contributed by atoms with van der Waals surface area (Å²) < 4.78 is 28.1. The van der Waals surface area contributed by atoms with Gasteiger partial charge >= 0.3 is 0 Å². The number of nitrogens with one attached hydrogen (secondary N) is 1. The van der Waals surface area contributed by atoms with E-state index in [4.69, 9.17) is 11.6 Å². The SMILES string of the molecule is CC(=O)NCCCc1cc(Cl)ccc1C1CC2CCC(C1)N2C(=O)CC(C)(C)N1CCCC(c2ccc(F)cc2F)C1. The van der Waals surface area contributed by atoms with Gasteiger partial charge in [-0.15, -0.1) is 0 Å². The minimum absolute atomic E-state index is 0.00698. The maximum atomic E-state index is 14.6. The molecule has 0 aliphatic carbocycles. The van der Waals surface area contributed by atoms with Crippen LogP contribution < -0.4 is 5.32 Å². The molecular formula is C34H44ClF2N3O2. The first-order valence-corrected chi connectivity index (χ1v) is 15.9. The Balaban J connectivity index is 1.22. The second kappa shape index (κ2) is 13.0. The van der Waals surface area contributed by atoms with Crippen molar-refractivity contribution in [1.29, 1.82) is 0 Å². The van der Waals surface area contributed by atoms with E-state index in [9.17, 15) is 18.4 Å². The van der Waals surface area contributed by atoms with Crippen LogP contribution in [0.25, 0.3) is 0 Å². The Labute approximate surface area is 254 Å². The summed E-state index contributed by atoms with van der Waals surface area (Å²) >= 11 is 6.38. The van der Waals surface area contributed by atoms with Crippen molar-refractivity contribution < 1.29 is 18.4 Å². The molecule has 8 heteroatoms. The minimum atomic E-state index is -0.553. The van der Waals surface area contributed by atoms with Crippen LogP contribution >= 0.6 is 11.6 Å². The smallest absolute Gasteiger partial charge is 0.224 e. The zero-order valence-electron chi connectivity index (χ0n) is 25.1. The summed E-state index contributed by atoms with van der Waals surface area (Å²) in [5.74, 6) is -0.449. The number of piperidine rings is 2. The van der Waals surface area contributed by atoms with Gasteiger partial charge in [-0.2, -0.15) is 0 Å². The van der Waals surface area contributed by atoms with Gasteiger partial charge in [-0.1, -0.05) is 23.7 Å². The van der Waals surface area contributed by atoms with E-state index in [0.717, 1.165) is 69.0 Å². The lowest BCUT2D eigenvalue weighted by Crippen LogP contribution is -2.53. The number of aryl methyl sites for hydroxylation is 1. The first-order chi connectivity index (χ1) is 20.0. The van der Waals surface area contributed by atoms with Crippen LogP contribution in [0.3, 0.4) is 0 Å². The predicted octanol–water partition coefficient (Wildman–Crippen LogP) is 6.97. The molecule has 228 valence electrons. The molecule has 5 rings (SSSR count). The molecule has 0 spiro atoms. The summed E-state index contributed by atoms with van der Waals surface area (Å²) in [5, 5.41) is 3.61. The van der Waals surface area contributed by atoms with Crippen molar-refractivity contribution in [3.8, 4) is 0 Å². The number of hydrogen-bond donors (Lipinski definition) is 1. The number of hydrogen-bond acceptors (Lipinski definition) is 3. The van der Waals surface area contributed by atoms with Gasteiger partial charge in [0.1, 0.15) is 11.6 Å². The van der Waals surface area contributed by atoms with Crippen LogP contribution in [0.4, 0.5) is 8.78 Å². The Morgan fingerprint density at radius 1 is 1.00 bits per heavy atom. The third-order valence-electron chi connectivity index (χ3n) is 9.83. The largest absolute Gasteiger partial charge is 0.356 e. The summed E-state index contributed by atoms with van der Waals surface area (Å²) in [7, 11) is 0. The molecule has 3 atom stereocenters. The van der Waals surface area contributed by atoms with Crippen LogP contribution in [0.2, 0.25) is 5.02 Å². The summed E-state index contributed by atoms with van der Waals surface area (Å²) in [5.41, 5.74) is 2.79. The van der Waals surface area contributed by atoms with Crippen LogP contribution in [0.15, 0.2) is 36.4 Å². The third kappa shape index (κ3) is 6.99. The van der Waals surface area contributed by atoms with Gasteiger partial charge in [0.25, 0.3) is 0 Å². The summed E-state index contributed by atoms with van der Waals surface area (Å²) in [4.78, 5) is 29.7. The average molecular weight is 600 g/mol. The van der Waals surface area contributed by atoms with E-state index >= 15 is 0 Å². The maximum Gasteiger partial charge on any atom is 0.224 e. The number of halogens is 3. The van der Waals surface area contributed by atoms with Crippen molar-refractivity contribution in [2.45, 2.75) is 108 Å². The highest BCUT2D eigenvalue weighted by molar-refractivity contribution is 6.30. The fourth-order valence-corrected chi connectivity index (χ4v) is 7.95. The van der Waals surface area contributed by atoms with E-state index in [-0.39, 0.29) is 35.4 Å². The Morgan fingerprint density at radius 3 is 2.40 bits per heavy atom. The summed E-state index contributed by atoms with van der Waals surface area (Å²) in [6.07, 6.45) is 7.91. The molecule has 3 aliphatic rings. The zero-order chi connectivity index (χ0) is 30.0. The molecule has 2 aromatic carbocycles. The Morgan fingerprint density at radius 2 is 1.71 bits per heavy atom. The topological polar surface area (TPSA) is 52.7 Å². The Kier molecular flexibility index (Phi) is 9.58. The molecule has 3 fully saturated rings. The van der Waals surface area contributed by atoms with Gasteiger partial charge in [0, 0.05) is 55.1 Å². The standard InChI is InChI=1S/C34H44ClF2N3O2/c1-22(41)38-14-4-6-23-16-26(35)8-12-30(23)25-17-28-10-11-29(18-25)40(28)33(42)20-34(2,3)39-15-5-7-24(21-39)31-13-9-27(36)19-32(31)37/h8-9,12-13,16,19,24-25,28-29H,4-7,10-11,14-15,17-18,20-21H2,1-3H3,(H,38,41). The van der Waals surface area contributed by atoms with Crippen molar-refractivity contribution >= 4 is 23.4 Å². The number of carbonyl (C=O) groups is 2. The molecule has 2 amide bonds. The van der Waals surface area contributed by atoms with Crippen LogP contribution in [0.1, 0.15) is 101 Å². The van der Waals surface area contributed by atoms with Gasteiger partial charge in [0.05, 0.1) is 0 Å². The maximum absolute atomic E-state index is 14.6. The molecule has 3 aliphatic heterocycles. The van der Waals surface area contributed by atoms with Crippen LogP contribution in [0, 0.1) is 11.6 Å². The van der Waals surface area contributed by atoms with Crippen LogP contribution in [0.5, 0.6) is 0 Å². The Hall–Kier alpha value is -2.51. The van der Waals surface area contributed by atoms with E-state index < -0.39 is 11.6 Å². The Bertz CT molecular complexity index is 1290. The lowest BCUT2D eigenvalue weighted by atomic mass is 9.81. The minimum Gasteiger partial charge on any atom is -0.356 e. The van der Waals surface area contributed by atoms with Crippen molar-refractivity contribution in [1.82, 2.24) is 15.1 Å². The molecule has 3 saturated heterocycles. The molecule has 42 heavy (non-hydrogen) atoms. The second-order valence-electron chi connectivity index (χ2n) is 13.2. The van der Waals surface area contributed by atoms with E-state index in [1.807, 2.05) is 6.07 Å². The number of carbonyl (C=O) groups excluding carboxylic acids is 2. The normalized spacial score (nSPS) is 24.6. The zero-order valence-corrected chi connectivity index (χ0v) is 25.9. The van der Waals surface area contributed by atoms with E-state index in [2.05, 4.69) is 41.1 Å². The van der Waals surface area contributed by atoms with E-state index in [0.29, 0.717) is 31.0 Å². The molecular weight excluding hydrogens is 556 g/mol. The van der Waals surface area contributed by atoms with Crippen molar-refractivity contribution in [2.75, 3.05) is 19.6 Å². The molecule has 1 N–H and O–H groups in total. The van der Waals surface area contributed by atoms with Gasteiger partial charge in [0.2, 0.25) is 11.8 Å². The van der Waals surface area contributed by atoms with Crippen LogP contribution in [-0.4, -0.2) is 58.9 Å². The third-order valence-corrected chi connectivity index (χ3v) is 10.1. The molecule has 3 unspecified atom stereocenters. The highest BCUT2D eigenvalue weighted by Crippen LogP contribution is 2.45. The predicted molar refractivity (Wildman–Crippen MR) is 163 cm³/mol. The first-order valence-electron chi connectivity index (χ1n) is 15.6. The van der Waals surface area contributed by atoms with Crippen LogP contribution in [-0.2, 0) is 16.0 Å². The van der Waals surface area contributed by atoms with Crippen molar-refractivity contribution in [3.63, 3.8) is 0 Å². The quantitative estimate of drug-likeness (QED) is 0.317. The molecule has 0 radical (unpaired) electrons. The number of nitrogens with zero attached hydrogens (tertiary/aromatic N) is 2. The molecule has 2 bridgehead atoms. The lowest BCUT2D eigenvalue weighted by molar-refractivity contribution is -0.139. The highest BCUT2D eigenvalue weighted by Gasteiger charge is 2.45. The fraction of sp³-hybridized carbons (Fsp3) is 0.588. The molecule has 5 nitrogen and oxygen atoms in total. The lowest BCUT2D eigenvalue weighted by Gasteiger charge is -2.46. The average Bonchev–Trinajstić information content (AvgIpc) is 3.20. The van der Waals surface area contributed by atoms with Gasteiger partial charge < -0.3 is 10.2 Å². The fourth-order valence-electron chi connectivity index (χ4n) is 7.76. The van der Waals surface area contributed by atoms with E-state index in [1.165, 1.54) is 24.1 Å². The first kappa shape index (κ1) is 30.9. The highest BCUT2D eigenvalue weighted by atomic mass is 35.5. The van der Waals surface area contributed by atoms with Crippen molar-refractivity contribution in [3.05, 3.63) is 69.7 Å². The second-order valence-corrected chi connectivity index (χ2v) is 13.7. The molecule has 2 aromatic rings. The summed E-state index contributed by atoms with van der Waals surface area (Å²) in [6.45, 7) is 7.98. The number of amides is 2. The number of likely N-dealkylation sites (tertiary alicyclic amines) is 1. The van der Waals surface area contributed by atoms with Crippen molar-refractivity contribution in [2.24, 2.45) is 0 Å². The van der Waals surface area contributed by atoms with E-state index in [1.54, 1.807) is 6.07 Å². The molecule has 3 heterocycles. The van der Waals surface area contributed by atoms with Gasteiger partial charge in [0.15, 0.2) is 0 Å². The number of fused-ring (bicyclic) bond motifs is 2. The monoisotopic (exact) mass is 599 g/mol. The summed E-state index contributed by atoms with van der Waals surface area (Å²) in [6, 6.07) is 10.6.